The topological polar surface area (TPSA) is 72.6 Å². The normalized spacial score (nSPS) is 38.8. The number of allylic oxidation sites excluding steroid dienone is 1. The number of esters is 1. The number of carbonyl (C=O) groups is 1. The van der Waals surface area contributed by atoms with Crippen LogP contribution in [0.5, 0.6) is 0 Å². The molecule has 0 bridgehead atoms. The van der Waals surface area contributed by atoms with Gasteiger partial charge in [0.05, 0.1) is 25.2 Å². The summed E-state index contributed by atoms with van der Waals surface area (Å²) < 4.78 is 24.0. The molecule has 2 saturated heterocycles. The van der Waals surface area contributed by atoms with Gasteiger partial charge in [-0.05, 0) is 52.4 Å². The van der Waals surface area contributed by atoms with Crippen LogP contribution in [0.25, 0.3) is 0 Å². The highest BCUT2D eigenvalue weighted by atomic mass is 16.6. The van der Waals surface area contributed by atoms with Gasteiger partial charge in [-0.25, -0.2) is 0 Å². The van der Waals surface area contributed by atoms with Crippen molar-refractivity contribution in [3.8, 4) is 0 Å². The number of epoxide rings is 2. The molecule has 1 spiro atoms. The number of carbonyl (C=O) groups excluding carboxylic acids is 1. The summed E-state index contributed by atoms with van der Waals surface area (Å²) in [4.78, 5) is 12.6. The van der Waals surface area contributed by atoms with E-state index in [1.54, 1.807) is 7.11 Å². The number of hydrogen-bond acceptors (Lipinski definition) is 6. The predicted molar refractivity (Wildman–Crippen MR) is 116 cm³/mol. The fourth-order valence-corrected chi connectivity index (χ4v) is 4.82. The van der Waals surface area contributed by atoms with Crippen molar-refractivity contribution in [3.05, 3.63) is 11.6 Å². The largest absolute Gasteiger partial charge is 0.459 e. The highest BCUT2D eigenvalue weighted by molar-refractivity contribution is 5.72. The molecule has 2 heterocycles. The molecule has 3 aliphatic rings. The lowest BCUT2D eigenvalue weighted by Gasteiger charge is -2.42. The lowest BCUT2D eigenvalue weighted by molar-refractivity contribution is -0.171. The van der Waals surface area contributed by atoms with Crippen molar-refractivity contribution in [1.82, 2.24) is 5.32 Å². The van der Waals surface area contributed by atoms with Gasteiger partial charge in [0.25, 0.3) is 0 Å². The minimum atomic E-state index is -0.312. The van der Waals surface area contributed by atoms with Gasteiger partial charge in [0.15, 0.2) is 0 Å². The van der Waals surface area contributed by atoms with E-state index in [0.29, 0.717) is 0 Å². The second-order valence-corrected chi connectivity index (χ2v) is 10.9. The van der Waals surface area contributed by atoms with Crippen LogP contribution < -0.4 is 5.32 Å². The summed E-state index contributed by atoms with van der Waals surface area (Å²) in [7, 11) is 1.71. The lowest BCUT2D eigenvalue weighted by atomic mass is 9.68. The van der Waals surface area contributed by atoms with E-state index >= 15 is 0 Å². The van der Waals surface area contributed by atoms with Crippen LogP contribution in [-0.4, -0.2) is 61.8 Å². The Kier molecular flexibility index (Phi) is 6.74. The first-order valence-corrected chi connectivity index (χ1v) is 11.3. The molecule has 3 rings (SSSR count). The fourth-order valence-electron chi connectivity index (χ4n) is 4.82. The van der Waals surface area contributed by atoms with E-state index in [2.05, 4.69) is 59.9 Å². The maximum atomic E-state index is 12.6. The fraction of sp³-hybridized carbons (Fsp3) is 0.875. The van der Waals surface area contributed by atoms with Gasteiger partial charge in [0.1, 0.15) is 23.4 Å². The van der Waals surface area contributed by atoms with E-state index in [1.165, 1.54) is 5.57 Å². The van der Waals surface area contributed by atoms with Crippen LogP contribution in [-0.2, 0) is 23.7 Å². The monoisotopic (exact) mass is 423 g/mol. The lowest BCUT2D eigenvalue weighted by Crippen LogP contribution is -2.56. The third-order valence-electron chi connectivity index (χ3n) is 7.37. The molecule has 1 N–H and O–H groups in total. The van der Waals surface area contributed by atoms with E-state index in [0.717, 1.165) is 25.9 Å². The van der Waals surface area contributed by atoms with Crippen LogP contribution >= 0.6 is 0 Å². The Morgan fingerprint density at radius 1 is 1.33 bits per heavy atom. The highest BCUT2D eigenvalue weighted by Gasteiger charge is 2.72. The molecule has 6 nitrogen and oxygen atoms in total. The van der Waals surface area contributed by atoms with Crippen molar-refractivity contribution < 1.29 is 23.7 Å². The summed E-state index contributed by atoms with van der Waals surface area (Å²) >= 11 is 0. The minimum Gasteiger partial charge on any atom is -0.459 e. The summed E-state index contributed by atoms with van der Waals surface area (Å²) in [5, 5.41) is 3.29. The van der Waals surface area contributed by atoms with Gasteiger partial charge in [0.2, 0.25) is 0 Å². The zero-order chi connectivity index (χ0) is 22.3. The molecule has 0 aromatic rings. The smallest absolute Gasteiger partial charge is 0.320 e. The Morgan fingerprint density at radius 3 is 2.53 bits per heavy atom. The molecule has 0 radical (unpaired) electrons. The Hall–Kier alpha value is -0.950. The zero-order valence-corrected chi connectivity index (χ0v) is 20.0. The molecule has 30 heavy (non-hydrogen) atoms. The van der Waals surface area contributed by atoms with Crippen LogP contribution in [0.4, 0.5) is 0 Å². The number of hydrogen-bond donors (Lipinski definition) is 1. The first-order chi connectivity index (χ1) is 13.9. The van der Waals surface area contributed by atoms with Gasteiger partial charge < -0.3 is 24.3 Å². The molecular formula is C24H41NO5. The van der Waals surface area contributed by atoms with Crippen LogP contribution in [0.2, 0.25) is 0 Å². The molecule has 7 atom stereocenters. The molecule has 1 aliphatic carbocycles. The van der Waals surface area contributed by atoms with E-state index in [4.69, 9.17) is 18.9 Å². The van der Waals surface area contributed by atoms with E-state index in [-0.39, 0.29) is 59.4 Å². The van der Waals surface area contributed by atoms with Crippen LogP contribution in [0, 0.1) is 11.3 Å². The van der Waals surface area contributed by atoms with Gasteiger partial charge in [0, 0.05) is 13.2 Å². The van der Waals surface area contributed by atoms with Gasteiger partial charge in [-0.2, -0.15) is 0 Å². The minimum absolute atomic E-state index is 0.0542. The van der Waals surface area contributed by atoms with Crippen molar-refractivity contribution in [1.29, 1.82) is 0 Å². The first kappa shape index (κ1) is 23.7. The van der Waals surface area contributed by atoms with Crippen molar-refractivity contribution >= 4 is 5.97 Å². The average Bonchev–Trinajstić information content (AvgIpc) is 3.56. The van der Waals surface area contributed by atoms with E-state index < -0.39 is 0 Å². The van der Waals surface area contributed by atoms with Crippen molar-refractivity contribution in [2.45, 2.75) is 103 Å². The van der Waals surface area contributed by atoms with Crippen molar-refractivity contribution in [2.75, 3.05) is 20.3 Å². The van der Waals surface area contributed by atoms with Crippen molar-refractivity contribution in [2.24, 2.45) is 11.3 Å². The Bertz CT molecular complexity index is 661. The molecule has 172 valence electrons. The number of ether oxygens (including phenoxy) is 4. The number of rotatable bonds is 8. The van der Waals surface area contributed by atoms with Crippen LogP contribution in [0.3, 0.4) is 0 Å². The van der Waals surface area contributed by atoms with E-state index in [9.17, 15) is 4.79 Å². The van der Waals surface area contributed by atoms with Crippen LogP contribution in [0.15, 0.2) is 11.6 Å². The summed E-state index contributed by atoms with van der Waals surface area (Å²) in [5.74, 6) is -0.175. The van der Waals surface area contributed by atoms with Gasteiger partial charge in [-0.15, -0.1) is 0 Å². The number of nitrogens with one attached hydrogen (secondary N) is 1. The standard InChI is InChI=1S/C24H41NO5/c1-15(2)9-10-18-23(7,30-18)21-20(27-8)17(11-12-24(21)14-28-24)29-19(26)13-25-16(3)22(4,5)6/h9,16-18,20-21,25H,10-14H2,1-8H3/t16?,17-,18?,20-,21-,23+,24+/m1/s1. The maximum absolute atomic E-state index is 12.6. The summed E-state index contributed by atoms with van der Waals surface area (Å²) in [6.45, 7) is 15.9. The van der Waals surface area contributed by atoms with Gasteiger partial charge >= 0.3 is 5.97 Å². The quantitative estimate of drug-likeness (QED) is 0.365. The number of methoxy groups -OCH3 is 1. The summed E-state index contributed by atoms with van der Waals surface area (Å²) in [5.41, 5.74) is 0.865. The van der Waals surface area contributed by atoms with Crippen LogP contribution in [0.1, 0.15) is 67.7 Å². The SMILES string of the molecule is CO[C@@H]1[C@H](OC(=O)CNC(C)C(C)(C)C)CC[C@]2(CO2)[C@H]1[C@@]1(C)OC1CC=C(C)C. The maximum Gasteiger partial charge on any atom is 0.320 e. The Labute approximate surface area is 182 Å². The van der Waals surface area contributed by atoms with Gasteiger partial charge in [-0.1, -0.05) is 32.4 Å². The zero-order valence-electron chi connectivity index (χ0n) is 20.0. The third kappa shape index (κ3) is 4.93. The average molecular weight is 424 g/mol. The third-order valence-corrected chi connectivity index (χ3v) is 7.37. The molecule has 6 heteroatoms. The van der Waals surface area contributed by atoms with Crippen molar-refractivity contribution in [3.63, 3.8) is 0 Å². The molecule has 0 aromatic heterocycles. The second-order valence-electron chi connectivity index (χ2n) is 10.9. The molecule has 2 aliphatic heterocycles. The van der Waals surface area contributed by atoms with Gasteiger partial charge in [-0.3, -0.25) is 4.79 Å². The molecule has 1 saturated carbocycles. The molecule has 0 aromatic carbocycles. The van der Waals surface area contributed by atoms with E-state index in [1.807, 2.05) is 0 Å². The molecular weight excluding hydrogens is 382 g/mol. The predicted octanol–water partition coefficient (Wildman–Crippen LogP) is 3.63. The Balaban J connectivity index is 1.65. The first-order valence-electron chi connectivity index (χ1n) is 11.3. The Morgan fingerprint density at radius 2 is 2.00 bits per heavy atom. The summed E-state index contributed by atoms with van der Waals surface area (Å²) in [6, 6.07) is 0.208. The molecule has 3 fully saturated rings. The second kappa shape index (κ2) is 8.53. The molecule has 0 amide bonds. The highest BCUT2D eigenvalue weighted by Crippen LogP contribution is 2.59. The molecule has 2 unspecified atom stereocenters. The summed E-state index contributed by atoms with van der Waals surface area (Å²) in [6.07, 6.45) is 4.38.